The second-order valence-electron chi connectivity index (χ2n) is 3.31. The Labute approximate surface area is 77.7 Å². The summed E-state index contributed by atoms with van der Waals surface area (Å²) in [4.78, 5) is 11.4. The topological polar surface area (TPSA) is 60.9 Å². The smallest absolute Gasteiger partial charge is 0.183 e. The predicted octanol–water partition coefficient (Wildman–Crippen LogP) is 0.730. The van der Waals surface area contributed by atoms with E-state index in [1.165, 1.54) is 0 Å². The van der Waals surface area contributed by atoms with Crippen LogP contribution in [0.5, 0.6) is 0 Å². The van der Waals surface area contributed by atoms with E-state index in [1.807, 2.05) is 6.92 Å². The first-order chi connectivity index (χ1) is 6.09. The van der Waals surface area contributed by atoms with E-state index in [2.05, 4.69) is 5.10 Å². The van der Waals surface area contributed by atoms with Crippen molar-refractivity contribution in [3.05, 3.63) is 18.0 Å². The fraction of sp³-hybridized carbons (Fsp3) is 0.556. The van der Waals surface area contributed by atoms with E-state index >= 15 is 0 Å². The number of carbonyl (C=O) groups excluding carboxylic acids is 1. The van der Waals surface area contributed by atoms with Crippen molar-refractivity contribution in [2.45, 2.75) is 25.8 Å². The highest BCUT2D eigenvalue weighted by atomic mass is 16.1. The molecule has 1 aromatic heterocycles. The summed E-state index contributed by atoms with van der Waals surface area (Å²) in [6, 6.07) is 1.80. The number of nitrogens with zero attached hydrogens (tertiary/aromatic N) is 2. The Morgan fingerprint density at radius 3 is 2.92 bits per heavy atom. The van der Waals surface area contributed by atoms with Crippen molar-refractivity contribution >= 4 is 5.78 Å². The quantitative estimate of drug-likeness (QED) is 0.696. The molecule has 0 aliphatic rings. The fourth-order valence-corrected chi connectivity index (χ4v) is 1.05. The van der Waals surface area contributed by atoms with E-state index in [1.54, 1.807) is 24.0 Å². The van der Waals surface area contributed by atoms with Crippen LogP contribution in [-0.2, 0) is 7.05 Å². The molecule has 0 spiro atoms. The predicted molar refractivity (Wildman–Crippen MR) is 50.4 cm³/mol. The van der Waals surface area contributed by atoms with Crippen molar-refractivity contribution in [2.24, 2.45) is 12.8 Å². The summed E-state index contributed by atoms with van der Waals surface area (Å²) in [5.74, 6) is 0.0675. The van der Waals surface area contributed by atoms with Crippen molar-refractivity contribution in [3.8, 4) is 0 Å². The van der Waals surface area contributed by atoms with Gasteiger partial charge in [0.05, 0.1) is 0 Å². The number of ketones is 1. The molecule has 1 rings (SSSR count). The van der Waals surface area contributed by atoms with Gasteiger partial charge in [-0.15, -0.1) is 0 Å². The first-order valence-electron chi connectivity index (χ1n) is 4.38. The number of hydrogen-bond acceptors (Lipinski definition) is 3. The van der Waals surface area contributed by atoms with Gasteiger partial charge in [0.25, 0.3) is 0 Å². The second kappa shape index (κ2) is 4.18. The van der Waals surface area contributed by atoms with Crippen molar-refractivity contribution < 1.29 is 4.79 Å². The monoisotopic (exact) mass is 181 g/mol. The van der Waals surface area contributed by atoms with Crippen LogP contribution in [-0.4, -0.2) is 21.6 Å². The van der Waals surface area contributed by atoms with Gasteiger partial charge < -0.3 is 5.73 Å². The molecule has 0 aliphatic heterocycles. The van der Waals surface area contributed by atoms with E-state index < -0.39 is 0 Å². The molecule has 0 aromatic carbocycles. The average molecular weight is 181 g/mol. The van der Waals surface area contributed by atoms with E-state index in [4.69, 9.17) is 5.73 Å². The standard InChI is InChI=1S/C9H15N3O/c1-7(10)3-4-9(13)8-5-6-12(2)11-8/h5-7H,3-4,10H2,1-2H3. The Hall–Kier alpha value is -1.16. The lowest BCUT2D eigenvalue weighted by atomic mass is 10.1. The molecule has 4 heteroatoms. The van der Waals surface area contributed by atoms with Crippen LogP contribution in [0.1, 0.15) is 30.3 Å². The van der Waals surface area contributed by atoms with Crippen LogP contribution in [0, 0.1) is 0 Å². The van der Waals surface area contributed by atoms with Crippen LogP contribution in [0.3, 0.4) is 0 Å². The van der Waals surface area contributed by atoms with Crippen LogP contribution in [0.4, 0.5) is 0 Å². The number of aryl methyl sites for hydroxylation is 1. The molecule has 0 aliphatic carbocycles. The number of rotatable bonds is 4. The van der Waals surface area contributed by atoms with Crippen molar-refractivity contribution in [3.63, 3.8) is 0 Å². The highest BCUT2D eigenvalue weighted by Crippen LogP contribution is 2.03. The number of Topliss-reactive ketones (excluding diaryl/α,β-unsaturated/α-hetero) is 1. The lowest BCUT2D eigenvalue weighted by molar-refractivity contribution is 0.0972. The van der Waals surface area contributed by atoms with E-state index in [0.29, 0.717) is 12.1 Å². The number of hydrogen-bond donors (Lipinski definition) is 1. The molecular formula is C9H15N3O. The molecule has 0 fully saturated rings. The first-order valence-corrected chi connectivity index (χ1v) is 4.38. The Kier molecular flexibility index (Phi) is 3.19. The molecule has 72 valence electrons. The van der Waals surface area contributed by atoms with Crippen molar-refractivity contribution in [2.75, 3.05) is 0 Å². The molecule has 0 radical (unpaired) electrons. The summed E-state index contributed by atoms with van der Waals surface area (Å²) in [6.45, 7) is 1.89. The van der Waals surface area contributed by atoms with Crippen LogP contribution in [0.25, 0.3) is 0 Å². The van der Waals surface area contributed by atoms with Gasteiger partial charge in [0.15, 0.2) is 5.78 Å². The Bertz CT molecular complexity index is 291. The van der Waals surface area contributed by atoms with Crippen LogP contribution < -0.4 is 5.73 Å². The molecule has 0 saturated heterocycles. The molecule has 1 unspecified atom stereocenters. The van der Waals surface area contributed by atoms with Gasteiger partial charge in [-0.05, 0) is 19.4 Å². The third-order valence-electron chi connectivity index (χ3n) is 1.83. The molecule has 0 saturated carbocycles. The maximum absolute atomic E-state index is 11.4. The normalized spacial score (nSPS) is 12.8. The third-order valence-corrected chi connectivity index (χ3v) is 1.83. The second-order valence-corrected chi connectivity index (χ2v) is 3.31. The molecule has 0 bridgehead atoms. The van der Waals surface area contributed by atoms with Gasteiger partial charge in [-0.1, -0.05) is 0 Å². The van der Waals surface area contributed by atoms with E-state index in [-0.39, 0.29) is 11.8 Å². The lowest BCUT2D eigenvalue weighted by Crippen LogP contribution is -2.16. The van der Waals surface area contributed by atoms with Gasteiger partial charge in [-0.25, -0.2) is 0 Å². The summed E-state index contributed by atoms with van der Waals surface area (Å²) in [5, 5.41) is 4.01. The molecular weight excluding hydrogens is 166 g/mol. The van der Waals surface area contributed by atoms with Crippen LogP contribution in [0.2, 0.25) is 0 Å². The van der Waals surface area contributed by atoms with Crippen molar-refractivity contribution in [1.82, 2.24) is 9.78 Å². The Balaban J connectivity index is 2.49. The minimum Gasteiger partial charge on any atom is -0.328 e. The SMILES string of the molecule is CC(N)CCC(=O)c1ccn(C)n1. The maximum Gasteiger partial charge on any atom is 0.183 e. The molecule has 0 amide bonds. The van der Waals surface area contributed by atoms with Gasteiger partial charge in [0.2, 0.25) is 0 Å². The summed E-state index contributed by atoms with van der Waals surface area (Å²) in [7, 11) is 1.79. The van der Waals surface area contributed by atoms with Gasteiger partial charge in [0.1, 0.15) is 5.69 Å². The van der Waals surface area contributed by atoms with E-state index in [0.717, 1.165) is 6.42 Å². The first kappa shape index (κ1) is 9.92. The molecule has 4 nitrogen and oxygen atoms in total. The average Bonchev–Trinajstić information content (AvgIpc) is 2.47. The summed E-state index contributed by atoms with van der Waals surface area (Å²) >= 11 is 0. The number of aromatic nitrogens is 2. The highest BCUT2D eigenvalue weighted by Gasteiger charge is 2.09. The lowest BCUT2D eigenvalue weighted by Gasteiger charge is -2.01. The largest absolute Gasteiger partial charge is 0.328 e. The third kappa shape index (κ3) is 2.99. The zero-order valence-electron chi connectivity index (χ0n) is 8.03. The Morgan fingerprint density at radius 2 is 2.46 bits per heavy atom. The minimum atomic E-state index is 0.0675. The fourth-order valence-electron chi connectivity index (χ4n) is 1.05. The van der Waals surface area contributed by atoms with Crippen LogP contribution >= 0.6 is 0 Å². The van der Waals surface area contributed by atoms with Crippen LogP contribution in [0.15, 0.2) is 12.3 Å². The number of nitrogens with two attached hydrogens (primary N) is 1. The van der Waals surface area contributed by atoms with E-state index in [9.17, 15) is 4.79 Å². The molecule has 2 N–H and O–H groups in total. The van der Waals surface area contributed by atoms with Crippen molar-refractivity contribution in [1.29, 1.82) is 0 Å². The highest BCUT2D eigenvalue weighted by molar-refractivity contribution is 5.94. The zero-order valence-corrected chi connectivity index (χ0v) is 8.03. The molecule has 1 heterocycles. The Morgan fingerprint density at radius 1 is 1.77 bits per heavy atom. The zero-order chi connectivity index (χ0) is 9.84. The summed E-state index contributed by atoms with van der Waals surface area (Å²) in [6.07, 6.45) is 2.96. The van der Waals surface area contributed by atoms with Gasteiger partial charge in [-0.2, -0.15) is 5.10 Å². The minimum absolute atomic E-state index is 0.0675. The number of carbonyl (C=O) groups is 1. The van der Waals surface area contributed by atoms with Gasteiger partial charge in [-0.3, -0.25) is 9.48 Å². The maximum atomic E-state index is 11.4. The summed E-state index contributed by atoms with van der Waals surface area (Å²) in [5.41, 5.74) is 6.08. The molecule has 1 aromatic rings. The summed E-state index contributed by atoms with van der Waals surface area (Å²) < 4.78 is 1.62. The van der Waals surface area contributed by atoms with Gasteiger partial charge in [0, 0.05) is 25.7 Å². The van der Waals surface area contributed by atoms with Gasteiger partial charge >= 0.3 is 0 Å². The molecule has 13 heavy (non-hydrogen) atoms. The molecule has 1 atom stereocenters.